The van der Waals surface area contributed by atoms with Crippen molar-refractivity contribution in [2.24, 2.45) is 245 Å². The van der Waals surface area contributed by atoms with Gasteiger partial charge in [0.1, 0.15) is 0 Å². The van der Waals surface area contributed by atoms with Crippen LogP contribution in [0.5, 0.6) is 0 Å². The highest BCUT2D eigenvalue weighted by molar-refractivity contribution is 5.93. The van der Waals surface area contributed by atoms with Gasteiger partial charge in [-0.25, -0.2) is 0 Å². The van der Waals surface area contributed by atoms with Gasteiger partial charge in [0, 0.05) is 142 Å². The molecule has 0 aromatic rings. The molecule has 0 radical (unpaired) electrons. The van der Waals surface area contributed by atoms with E-state index in [4.69, 9.17) is 103 Å². The first-order chi connectivity index (χ1) is 66.0. The van der Waals surface area contributed by atoms with E-state index in [0.29, 0.717) is 0 Å². The summed E-state index contributed by atoms with van der Waals surface area (Å²) >= 11 is 0. The van der Waals surface area contributed by atoms with Gasteiger partial charge in [-0.3, -0.25) is 125 Å². The summed E-state index contributed by atoms with van der Waals surface area (Å²) < 4.78 is 0. The number of carbonyl (C=O) groups excluding carboxylic acids is 26. The van der Waals surface area contributed by atoms with Crippen molar-refractivity contribution < 1.29 is 125 Å². The van der Waals surface area contributed by atoms with Crippen LogP contribution in [0.25, 0.3) is 0 Å². The minimum absolute atomic E-state index is 0.0160. The molecule has 0 aromatic heterocycles. The smallest absolute Gasteiger partial charge is 0.244 e. The van der Waals surface area contributed by atoms with Crippen molar-refractivity contribution in [3.05, 3.63) is 25.3 Å². The highest BCUT2D eigenvalue weighted by Gasteiger charge is 2.43. The van der Waals surface area contributed by atoms with Crippen molar-refractivity contribution >= 4 is 154 Å². The molecule has 142 heavy (non-hydrogen) atoms. The van der Waals surface area contributed by atoms with Crippen LogP contribution in [0.15, 0.2) is 25.3 Å². The van der Waals surface area contributed by atoms with Crippen molar-refractivity contribution in [2.75, 3.05) is 26.7 Å². The Kier molecular flexibility index (Phi) is 60.6. The fourth-order valence-electron chi connectivity index (χ4n) is 16.6. The Morgan fingerprint density at radius 2 is 0.275 bits per heavy atom. The molecule has 800 valence electrons. The highest BCUT2D eigenvalue weighted by Crippen LogP contribution is 2.37. The zero-order chi connectivity index (χ0) is 110. The van der Waals surface area contributed by atoms with Crippen molar-refractivity contribution in [1.29, 1.82) is 0 Å². The minimum Gasteiger partial charge on any atom is -0.369 e. The van der Waals surface area contributed by atoms with Crippen LogP contribution in [0.2, 0.25) is 0 Å². The maximum atomic E-state index is 15.2. The normalized spacial score (nSPS) is 16.2. The fourth-order valence-corrected chi connectivity index (χ4v) is 16.6. The number of hydrogen-bond donors (Lipinski definition) is 26. The lowest BCUT2D eigenvalue weighted by molar-refractivity contribution is -0.134. The second-order valence-electron chi connectivity index (χ2n) is 36.6. The van der Waals surface area contributed by atoms with E-state index in [0.717, 1.165) is 12.2 Å². The second kappa shape index (κ2) is 66.4. The number of nitrogens with two attached hydrogens (primary N) is 18. The number of hydrogen-bond acceptors (Lipinski definition) is 26. The SMILES string of the molecule is C=CC(=O)NCNC(=O)C=C.CCC(CC(CC(CC(CC(CC(C)C(N)=O)C(N)=O)C(=O)NCNC(=O)C(CC(CC(CC)C(N)=O)C(N)=O)CC(CC(CC(C)C(N)=O)C(N)=O)C(=O)NCNC(=O)C(CC(CC(CC)C(N)=O)C(N)=O)CC(CC(CC(C)C(N)=O)C(N)=O)C(=O)NCNC(=O)C(CC(CC(CC)C(N)=O)C(N)=O)CC(CC(CC(C)C(N)=O)C(N)=O)C(N)=O)C(N)=O)C(N)=O)C(N)=O. The van der Waals surface area contributed by atoms with Gasteiger partial charge < -0.3 is 146 Å². The molecule has 0 heterocycles. The van der Waals surface area contributed by atoms with E-state index >= 15 is 19.2 Å². The molecule has 0 spiro atoms. The summed E-state index contributed by atoms with van der Waals surface area (Å²) in [4.78, 5) is 343. The molecule has 0 bridgehead atoms. The van der Waals surface area contributed by atoms with Gasteiger partial charge in [0.05, 0.1) is 26.7 Å². The molecule has 0 aliphatic carbocycles. The quantitative estimate of drug-likeness (QED) is 0.0199. The molecule has 44 N–H and O–H groups in total. The lowest BCUT2D eigenvalue weighted by Crippen LogP contribution is -2.47. The van der Waals surface area contributed by atoms with Crippen LogP contribution in [-0.4, -0.2) is 180 Å². The van der Waals surface area contributed by atoms with Crippen LogP contribution in [0.1, 0.15) is 209 Å². The molecule has 52 nitrogen and oxygen atoms in total. The zero-order valence-corrected chi connectivity index (χ0v) is 82.2. The molecule has 0 saturated heterocycles. The summed E-state index contributed by atoms with van der Waals surface area (Å²) in [6.45, 7) is 15.5. The Balaban J connectivity index is 0. The zero-order valence-electron chi connectivity index (χ0n) is 82.2. The second-order valence-corrected chi connectivity index (χ2v) is 36.6. The average Bonchev–Trinajstić information content (AvgIpc) is 0.857. The predicted molar refractivity (Wildman–Crippen MR) is 510 cm³/mol. The van der Waals surface area contributed by atoms with Crippen molar-refractivity contribution in [3.63, 3.8) is 0 Å². The van der Waals surface area contributed by atoms with E-state index in [1.165, 1.54) is 34.6 Å². The first kappa shape index (κ1) is 130. The summed E-state index contributed by atoms with van der Waals surface area (Å²) in [6.07, 6.45) is -7.52. The first-order valence-corrected chi connectivity index (χ1v) is 46.8. The number of rotatable bonds is 78. The Morgan fingerprint density at radius 3 is 0.387 bits per heavy atom. The highest BCUT2D eigenvalue weighted by atomic mass is 16.2. The number of amides is 26. The monoisotopic (exact) mass is 2020 g/mol. The lowest BCUT2D eigenvalue weighted by Gasteiger charge is -2.29. The van der Waals surface area contributed by atoms with E-state index in [1.807, 2.05) is 0 Å². The van der Waals surface area contributed by atoms with Gasteiger partial charge in [-0.05, 0) is 166 Å². The summed E-state index contributed by atoms with van der Waals surface area (Å²) in [6, 6.07) is 0. The third kappa shape index (κ3) is 50.0. The Morgan fingerprint density at radius 1 is 0.169 bits per heavy atom. The summed E-state index contributed by atoms with van der Waals surface area (Å²) in [5.41, 5.74) is 103. The predicted octanol–water partition coefficient (Wildman–Crippen LogP) is -7.85. The van der Waals surface area contributed by atoms with Crippen molar-refractivity contribution in [1.82, 2.24) is 42.5 Å². The molecule has 0 aliphatic heterocycles. The third-order valence-electron chi connectivity index (χ3n) is 25.9. The van der Waals surface area contributed by atoms with Crippen LogP contribution in [0.3, 0.4) is 0 Å². The molecule has 24 atom stereocenters. The minimum atomic E-state index is -1.71. The molecular weight excluding hydrogens is 1860 g/mol. The van der Waals surface area contributed by atoms with Crippen LogP contribution in [0.4, 0.5) is 0 Å². The van der Waals surface area contributed by atoms with Crippen LogP contribution < -0.4 is 146 Å². The standard InChI is InChI=1S/C83H144N24O24.C7H10N2O2/c1-9-40(64(88)112)17-48(72(96)120)22-53(77(101)125)30-54(23-45(69(93)117)14-37(6)61(85)109)78(126)102-33-106-82(130)58(27-50(74(98)122)19-42(11-3)66(90)114)32-57(25-47(71(95)119)16-39(8)63(87)111)81(129)105-35-107-83(131)59(28-51(75(99)123)20-43(12-4)67(91)115)31-56(24-46(70(94)118)15-38(7)62(86)110)80(128)104-34-103-79(127)55(26-49(73(97)121)18-41(10-2)65(89)113)29-52(76(100)124)21-44(68(92)116)13-36(5)60(84)108;1-3-6(10)8-5-9-7(11)4-2/h36-59H,9-35H2,1-8H3,(H2,84,108)(H2,85,109)(H2,86,110)(H2,87,111)(H2,88,112)(H2,89,113)(H2,90,114)(H2,91,115)(H2,92,116)(H2,93,117)(H2,94,118)(H2,95,119)(H2,96,120)(H2,97,121)(H2,98,122)(H2,99,123)(H2,100,124)(H2,101,125)(H,102,126)(H,103,127)(H,104,128)(H,105,129)(H,106,130)(H,107,131);3-4H,1-2,5H2,(H,8,10)(H,9,11). The summed E-state index contributed by atoms with van der Waals surface area (Å²) in [5.74, 6) is -56.8. The summed E-state index contributed by atoms with van der Waals surface area (Å²) in [5, 5.41) is 19.5. The van der Waals surface area contributed by atoms with Crippen molar-refractivity contribution in [2.45, 2.75) is 209 Å². The average molecular weight is 2020 g/mol. The van der Waals surface area contributed by atoms with Gasteiger partial charge in [0.25, 0.3) is 0 Å². The van der Waals surface area contributed by atoms with E-state index in [-0.39, 0.29) is 69.8 Å². The van der Waals surface area contributed by atoms with Gasteiger partial charge >= 0.3 is 0 Å². The van der Waals surface area contributed by atoms with Gasteiger partial charge in [-0.15, -0.1) is 0 Å². The molecule has 0 fully saturated rings. The maximum absolute atomic E-state index is 15.2. The Hall–Kier alpha value is -14.3. The molecular formula is C90H154N26O26. The largest absolute Gasteiger partial charge is 0.369 e. The molecule has 24 unspecified atom stereocenters. The topological polar surface area (TPSA) is 1010 Å². The number of nitrogens with one attached hydrogen (secondary N) is 8. The summed E-state index contributed by atoms with van der Waals surface area (Å²) in [7, 11) is 0. The molecule has 0 aliphatic rings. The van der Waals surface area contributed by atoms with Crippen LogP contribution in [-0.2, 0) is 125 Å². The lowest BCUT2D eigenvalue weighted by atomic mass is 9.78. The molecule has 26 amide bonds. The molecule has 0 saturated carbocycles. The van der Waals surface area contributed by atoms with Gasteiger partial charge in [0.2, 0.25) is 154 Å². The molecule has 52 heteroatoms. The van der Waals surface area contributed by atoms with Gasteiger partial charge in [0.15, 0.2) is 0 Å². The van der Waals surface area contributed by atoms with E-state index < -0.39 is 407 Å². The van der Waals surface area contributed by atoms with Crippen molar-refractivity contribution in [3.8, 4) is 0 Å². The molecule has 0 rings (SSSR count). The van der Waals surface area contributed by atoms with Gasteiger partial charge in [-0.1, -0.05) is 68.5 Å². The van der Waals surface area contributed by atoms with E-state index in [2.05, 4.69) is 55.7 Å². The van der Waals surface area contributed by atoms with Crippen LogP contribution >= 0.6 is 0 Å². The third-order valence-corrected chi connectivity index (χ3v) is 25.9. The maximum Gasteiger partial charge on any atom is 0.244 e. The number of carbonyl (C=O) groups is 26. The fraction of sp³-hybridized carbons (Fsp3) is 0.667. The van der Waals surface area contributed by atoms with E-state index in [9.17, 15) is 105 Å². The molecule has 0 aromatic carbocycles. The Labute approximate surface area is 824 Å². The Bertz CT molecular complexity index is 4420. The first-order valence-electron chi connectivity index (χ1n) is 46.8. The van der Waals surface area contributed by atoms with E-state index in [1.54, 1.807) is 20.8 Å². The van der Waals surface area contributed by atoms with Crippen LogP contribution in [0, 0.1) is 142 Å². The number of primary amides is 18. The van der Waals surface area contributed by atoms with Gasteiger partial charge in [-0.2, -0.15) is 0 Å².